The van der Waals surface area contributed by atoms with Crippen LogP contribution in [0.3, 0.4) is 0 Å². The number of benzene rings is 1. The van der Waals surface area contributed by atoms with Crippen molar-refractivity contribution in [1.29, 1.82) is 0 Å². The van der Waals surface area contributed by atoms with Gasteiger partial charge in [-0.1, -0.05) is 19.1 Å². The van der Waals surface area contributed by atoms with E-state index in [1.165, 1.54) is 0 Å². The lowest BCUT2D eigenvalue weighted by molar-refractivity contribution is 0.0785. The smallest absolute Gasteiger partial charge is 0.256 e. The second-order valence-corrected chi connectivity index (χ2v) is 8.82. The normalized spacial score (nSPS) is 15.6. The van der Waals surface area contributed by atoms with Crippen molar-refractivity contribution in [2.24, 2.45) is 5.92 Å². The summed E-state index contributed by atoms with van der Waals surface area (Å²) in [6.07, 6.45) is 2.28. The number of aromatic nitrogens is 3. The lowest BCUT2D eigenvalue weighted by atomic mass is 9.97. The minimum Gasteiger partial charge on any atom is -0.386 e. The number of anilines is 2. The molecule has 4 rings (SSSR count). The van der Waals surface area contributed by atoms with E-state index in [1.807, 2.05) is 23.6 Å². The number of carbonyl (C=O) groups excluding carboxylic acids is 1. The van der Waals surface area contributed by atoms with Crippen molar-refractivity contribution in [2.75, 3.05) is 23.3 Å². The van der Waals surface area contributed by atoms with Crippen molar-refractivity contribution in [1.82, 2.24) is 14.6 Å². The van der Waals surface area contributed by atoms with E-state index in [1.54, 1.807) is 38.1 Å². The van der Waals surface area contributed by atoms with Crippen LogP contribution in [-0.2, 0) is 5.60 Å². The van der Waals surface area contributed by atoms with Crippen molar-refractivity contribution in [3.63, 3.8) is 0 Å². The number of hydrogen-bond acceptors (Lipinski definition) is 5. The molecular weight excluding hydrogens is 378 g/mol. The Hall–Kier alpha value is -2.93. The summed E-state index contributed by atoms with van der Waals surface area (Å²) in [5.41, 5.74) is 1.94. The number of hydrogen-bond donors (Lipinski definition) is 2. The molecule has 0 spiro atoms. The van der Waals surface area contributed by atoms with Gasteiger partial charge in [-0.05, 0) is 57.2 Å². The summed E-state index contributed by atoms with van der Waals surface area (Å²) in [5.74, 6) is 1.95. The Kier molecular flexibility index (Phi) is 5.24. The lowest BCUT2D eigenvalue weighted by Crippen LogP contribution is -2.34. The molecule has 0 atom stereocenters. The fraction of sp³-hybridized carbons (Fsp3) is 0.435. The van der Waals surface area contributed by atoms with Crippen LogP contribution in [0.15, 0.2) is 36.4 Å². The van der Waals surface area contributed by atoms with Crippen LogP contribution in [0, 0.1) is 12.8 Å². The molecule has 3 heterocycles. The first-order valence-corrected chi connectivity index (χ1v) is 10.5. The predicted octanol–water partition coefficient (Wildman–Crippen LogP) is 3.75. The van der Waals surface area contributed by atoms with Gasteiger partial charge < -0.3 is 15.3 Å². The van der Waals surface area contributed by atoms with Gasteiger partial charge in [0.15, 0.2) is 5.65 Å². The molecule has 0 aliphatic carbocycles. The topological polar surface area (TPSA) is 82.8 Å². The molecule has 0 bridgehead atoms. The zero-order valence-electron chi connectivity index (χ0n) is 18.0. The summed E-state index contributed by atoms with van der Waals surface area (Å²) in [6, 6.07) is 10.8. The number of fused-ring (bicyclic) bond motifs is 1. The van der Waals surface area contributed by atoms with Crippen LogP contribution in [0.2, 0.25) is 0 Å². The number of piperidine rings is 1. The molecule has 0 radical (unpaired) electrons. The van der Waals surface area contributed by atoms with E-state index in [-0.39, 0.29) is 5.91 Å². The van der Waals surface area contributed by atoms with Crippen LogP contribution in [0.4, 0.5) is 11.6 Å². The van der Waals surface area contributed by atoms with Gasteiger partial charge >= 0.3 is 0 Å². The van der Waals surface area contributed by atoms with Gasteiger partial charge in [0, 0.05) is 30.8 Å². The Bertz CT molecular complexity index is 1060. The molecule has 30 heavy (non-hydrogen) atoms. The number of rotatable bonds is 4. The van der Waals surface area contributed by atoms with Crippen molar-refractivity contribution < 1.29 is 9.90 Å². The zero-order valence-corrected chi connectivity index (χ0v) is 18.0. The quantitative estimate of drug-likeness (QED) is 0.688. The molecule has 1 fully saturated rings. The summed E-state index contributed by atoms with van der Waals surface area (Å²) < 4.78 is 1.86. The number of amides is 1. The van der Waals surface area contributed by atoms with Crippen LogP contribution in [0.25, 0.3) is 5.65 Å². The summed E-state index contributed by atoms with van der Waals surface area (Å²) in [6.45, 7) is 9.59. The summed E-state index contributed by atoms with van der Waals surface area (Å²) in [5, 5.41) is 17.6. The van der Waals surface area contributed by atoms with Crippen LogP contribution in [0.5, 0.6) is 0 Å². The van der Waals surface area contributed by atoms with Gasteiger partial charge in [0.2, 0.25) is 0 Å². The largest absolute Gasteiger partial charge is 0.386 e. The minimum absolute atomic E-state index is 0.233. The molecule has 7 nitrogen and oxygen atoms in total. The molecule has 2 N–H and O–H groups in total. The zero-order chi connectivity index (χ0) is 21.5. The maximum Gasteiger partial charge on any atom is 0.256 e. The monoisotopic (exact) mass is 407 g/mol. The number of aliphatic hydroxyl groups is 1. The third kappa shape index (κ3) is 4.16. The summed E-state index contributed by atoms with van der Waals surface area (Å²) >= 11 is 0. The van der Waals surface area contributed by atoms with Crippen molar-refractivity contribution in [3.05, 3.63) is 53.2 Å². The highest BCUT2D eigenvalue weighted by Crippen LogP contribution is 2.26. The highest BCUT2D eigenvalue weighted by atomic mass is 16.3. The standard InChI is InChI=1S/C23H29N5O2/c1-15-9-11-27(12-10-15)21-14-19(24-20-13-16(2)26-28(20)21)25-22(29)17-5-7-18(8-6-17)23(3,4)30/h5-8,13-15,30H,9-12H2,1-4H3,(H,24,25,29). The molecule has 1 amide bonds. The highest BCUT2D eigenvalue weighted by Gasteiger charge is 2.21. The van der Waals surface area contributed by atoms with E-state index < -0.39 is 5.60 Å². The van der Waals surface area contributed by atoms with Gasteiger partial charge in [-0.15, -0.1) is 0 Å². The van der Waals surface area contributed by atoms with Crippen molar-refractivity contribution in [2.45, 2.75) is 46.1 Å². The number of nitrogens with zero attached hydrogens (tertiary/aromatic N) is 4. The second-order valence-electron chi connectivity index (χ2n) is 8.82. The molecule has 0 unspecified atom stereocenters. The Balaban J connectivity index is 1.61. The maximum atomic E-state index is 12.8. The second kappa shape index (κ2) is 7.72. The van der Waals surface area contributed by atoms with Gasteiger partial charge in [0.1, 0.15) is 11.6 Å². The SMILES string of the molecule is Cc1cc2nc(NC(=O)c3ccc(C(C)(C)O)cc3)cc(N3CCC(C)CC3)n2n1. The Labute approximate surface area is 176 Å². The first-order chi connectivity index (χ1) is 14.2. The number of aryl methyl sites for hydroxylation is 1. The molecule has 158 valence electrons. The molecule has 0 saturated carbocycles. The maximum absolute atomic E-state index is 12.8. The van der Waals surface area contributed by atoms with Crippen LogP contribution < -0.4 is 10.2 Å². The van der Waals surface area contributed by atoms with Gasteiger partial charge in [-0.25, -0.2) is 4.98 Å². The van der Waals surface area contributed by atoms with Crippen LogP contribution in [-0.4, -0.2) is 38.7 Å². The van der Waals surface area contributed by atoms with Crippen molar-refractivity contribution in [3.8, 4) is 0 Å². The van der Waals surface area contributed by atoms with Crippen LogP contribution in [0.1, 0.15) is 55.2 Å². The lowest BCUT2D eigenvalue weighted by Gasteiger charge is -2.32. The van der Waals surface area contributed by atoms with Gasteiger partial charge in [-0.3, -0.25) is 4.79 Å². The highest BCUT2D eigenvalue weighted by molar-refractivity contribution is 6.04. The molecule has 2 aromatic heterocycles. The molecule has 1 aliphatic rings. The molecular formula is C23H29N5O2. The molecule has 1 saturated heterocycles. The van der Waals surface area contributed by atoms with E-state index >= 15 is 0 Å². The average molecular weight is 408 g/mol. The Morgan fingerprint density at radius 2 is 1.83 bits per heavy atom. The predicted molar refractivity (Wildman–Crippen MR) is 118 cm³/mol. The first kappa shape index (κ1) is 20.3. The molecule has 1 aromatic carbocycles. The van der Waals surface area contributed by atoms with E-state index in [0.29, 0.717) is 11.4 Å². The third-order valence-corrected chi connectivity index (χ3v) is 5.73. The third-order valence-electron chi connectivity index (χ3n) is 5.73. The van der Waals surface area contributed by atoms with E-state index in [2.05, 4.69) is 27.2 Å². The van der Waals surface area contributed by atoms with Gasteiger partial charge in [0.05, 0.1) is 11.3 Å². The van der Waals surface area contributed by atoms with Crippen molar-refractivity contribution >= 4 is 23.2 Å². The molecule has 3 aromatic rings. The Morgan fingerprint density at radius 1 is 1.17 bits per heavy atom. The molecule has 7 heteroatoms. The average Bonchev–Trinajstić information content (AvgIpc) is 3.07. The van der Waals surface area contributed by atoms with Gasteiger partial charge in [0.25, 0.3) is 5.91 Å². The first-order valence-electron chi connectivity index (χ1n) is 10.5. The minimum atomic E-state index is -0.942. The fourth-order valence-electron chi connectivity index (χ4n) is 3.82. The molecule has 1 aliphatic heterocycles. The summed E-state index contributed by atoms with van der Waals surface area (Å²) in [4.78, 5) is 19.7. The Morgan fingerprint density at radius 3 is 2.47 bits per heavy atom. The summed E-state index contributed by atoms with van der Waals surface area (Å²) in [7, 11) is 0. The van der Waals surface area contributed by atoms with E-state index in [0.717, 1.165) is 54.6 Å². The fourth-order valence-corrected chi connectivity index (χ4v) is 3.82. The van der Waals surface area contributed by atoms with E-state index in [9.17, 15) is 9.90 Å². The van der Waals surface area contributed by atoms with Gasteiger partial charge in [-0.2, -0.15) is 9.61 Å². The van der Waals surface area contributed by atoms with E-state index in [4.69, 9.17) is 0 Å². The number of nitrogens with one attached hydrogen (secondary N) is 1. The number of carbonyl (C=O) groups is 1. The van der Waals surface area contributed by atoms with Crippen LogP contribution >= 0.6 is 0 Å².